The lowest BCUT2D eigenvalue weighted by molar-refractivity contribution is 0.00218. The van der Waals surface area contributed by atoms with Crippen molar-refractivity contribution in [2.45, 2.75) is 44.2 Å². The first-order valence-electron chi connectivity index (χ1n) is 10.1. The van der Waals surface area contributed by atoms with Crippen molar-refractivity contribution in [2.24, 2.45) is 0 Å². The molecule has 3 aromatic rings. The molecular weight excluding hydrogens is 354 g/mol. The van der Waals surface area contributed by atoms with E-state index in [1.807, 2.05) is 24.5 Å². The molecule has 0 amide bonds. The van der Waals surface area contributed by atoms with E-state index in [2.05, 4.69) is 30.6 Å². The molecule has 0 aliphatic carbocycles. The van der Waals surface area contributed by atoms with Crippen LogP contribution in [0.25, 0.3) is 11.6 Å². The van der Waals surface area contributed by atoms with E-state index in [9.17, 15) is 0 Å². The van der Waals surface area contributed by atoms with Crippen LogP contribution in [0.5, 0.6) is 0 Å². The zero-order valence-electron chi connectivity index (χ0n) is 15.9. The Labute approximate surface area is 164 Å². The van der Waals surface area contributed by atoms with E-state index in [0.29, 0.717) is 6.04 Å². The highest BCUT2D eigenvalue weighted by atomic mass is 16.5. The lowest BCUT2D eigenvalue weighted by Crippen LogP contribution is -2.35. The zero-order chi connectivity index (χ0) is 18.8. The molecule has 2 saturated heterocycles. The summed E-state index contributed by atoms with van der Waals surface area (Å²) in [6.45, 7) is 2.74. The summed E-state index contributed by atoms with van der Waals surface area (Å²) in [6, 6.07) is 4.48. The number of aromatic nitrogens is 4. The Bertz CT molecular complexity index is 892. The second-order valence-electron chi connectivity index (χ2n) is 7.50. The summed E-state index contributed by atoms with van der Waals surface area (Å²) in [6.07, 6.45) is 14.8. The van der Waals surface area contributed by atoms with Crippen molar-refractivity contribution in [3.8, 4) is 11.6 Å². The Morgan fingerprint density at radius 3 is 2.68 bits per heavy atom. The summed E-state index contributed by atoms with van der Waals surface area (Å²) >= 11 is 0. The largest absolute Gasteiger partial charge is 0.455 e. The number of nitrogens with zero attached hydrogens (tertiary/aromatic N) is 5. The van der Waals surface area contributed by atoms with Gasteiger partial charge in [0, 0.05) is 50.5 Å². The van der Waals surface area contributed by atoms with Gasteiger partial charge in [-0.2, -0.15) is 0 Å². The molecule has 1 atom stereocenters. The van der Waals surface area contributed by atoms with Gasteiger partial charge in [-0.1, -0.05) is 0 Å². The van der Waals surface area contributed by atoms with Crippen LogP contribution in [0.15, 0.2) is 47.5 Å². The van der Waals surface area contributed by atoms with Crippen molar-refractivity contribution in [1.82, 2.24) is 19.5 Å². The highest BCUT2D eigenvalue weighted by Crippen LogP contribution is 2.34. The van der Waals surface area contributed by atoms with Gasteiger partial charge in [-0.15, -0.1) is 0 Å². The van der Waals surface area contributed by atoms with Gasteiger partial charge in [-0.25, -0.2) is 9.97 Å². The van der Waals surface area contributed by atoms with Crippen molar-refractivity contribution in [3.63, 3.8) is 0 Å². The quantitative estimate of drug-likeness (QED) is 0.682. The molecule has 2 fully saturated rings. The van der Waals surface area contributed by atoms with Crippen LogP contribution < -0.4 is 4.90 Å². The van der Waals surface area contributed by atoms with Crippen LogP contribution in [0.1, 0.15) is 50.0 Å². The summed E-state index contributed by atoms with van der Waals surface area (Å²) in [7, 11) is 0. The summed E-state index contributed by atoms with van der Waals surface area (Å²) in [4.78, 5) is 15.5. The molecule has 2 aliphatic heterocycles. The summed E-state index contributed by atoms with van der Waals surface area (Å²) in [5, 5.41) is 0. The molecule has 0 bridgehead atoms. The SMILES string of the molecule is c1cnc(N2CCC(n3ccnc3-c3ccc([C@@H]4CCCCO4)o3)CC2)cn1. The number of rotatable bonds is 4. The Morgan fingerprint density at radius 2 is 1.89 bits per heavy atom. The van der Waals surface area contributed by atoms with E-state index >= 15 is 0 Å². The van der Waals surface area contributed by atoms with E-state index < -0.39 is 0 Å². The maximum Gasteiger partial charge on any atom is 0.176 e. The summed E-state index contributed by atoms with van der Waals surface area (Å²) in [5.41, 5.74) is 0. The molecule has 0 unspecified atom stereocenters. The van der Waals surface area contributed by atoms with Gasteiger partial charge in [0.25, 0.3) is 0 Å². The minimum absolute atomic E-state index is 0.0844. The van der Waals surface area contributed by atoms with Gasteiger partial charge < -0.3 is 18.6 Å². The molecule has 7 nitrogen and oxygen atoms in total. The van der Waals surface area contributed by atoms with Crippen molar-refractivity contribution >= 4 is 5.82 Å². The molecule has 5 heterocycles. The highest BCUT2D eigenvalue weighted by Gasteiger charge is 2.25. The molecule has 0 N–H and O–H groups in total. The van der Waals surface area contributed by atoms with E-state index in [4.69, 9.17) is 9.15 Å². The lowest BCUT2D eigenvalue weighted by atomic mass is 10.0. The van der Waals surface area contributed by atoms with Gasteiger partial charge in [0.05, 0.1) is 6.20 Å². The molecule has 0 saturated carbocycles. The fraction of sp³-hybridized carbons (Fsp3) is 0.476. The number of hydrogen-bond donors (Lipinski definition) is 0. The molecule has 5 rings (SSSR count). The first kappa shape index (κ1) is 17.4. The normalized spacial score (nSPS) is 21.1. The van der Waals surface area contributed by atoms with Crippen molar-refractivity contribution in [1.29, 1.82) is 0 Å². The molecule has 0 spiro atoms. The fourth-order valence-electron chi connectivity index (χ4n) is 4.24. The highest BCUT2D eigenvalue weighted by molar-refractivity contribution is 5.48. The third kappa shape index (κ3) is 3.42. The number of ether oxygens (including phenoxy) is 1. The smallest absolute Gasteiger partial charge is 0.176 e. The third-order valence-corrected chi connectivity index (χ3v) is 5.74. The van der Waals surface area contributed by atoms with Crippen LogP contribution in [0, 0.1) is 0 Å². The number of piperidine rings is 1. The number of anilines is 1. The van der Waals surface area contributed by atoms with E-state index in [0.717, 1.165) is 68.5 Å². The third-order valence-electron chi connectivity index (χ3n) is 5.74. The standard InChI is InChI=1S/C21H25N5O2/c1-2-14-27-17(3-1)18-4-5-19(28-18)21-24-10-13-26(21)16-6-11-25(12-7-16)20-15-22-8-9-23-20/h4-5,8-10,13,15-17H,1-3,6-7,11-12,14H2/t17-/m0/s1. The van der Waals surface area contributed by atoms with Crippen LogP contribution in [0.3, 0.4) is 0 Å². The van der Waals surface area contributed by atoms with Crippen LogP contribution in [0.4, 0.5) is 5.82 Å². The average molecular weight is 379 g/mol. The van der Waals surface area contributed by atoms with Crippen LogP contribution >= 0.6 is 0 Å². The summed E-state index contributed by atoms with van der Waals surface area (Å²) in [5.74, 6) is 3.60. The maximum atomic E-state index is 6.15. The molecule has 0 aromatic carbocycles. The predicted octanol–water partition coefficient (Wildman–Crippen LogP) is 4.02. The van der Waals surface area contributed by atoms with Gasteiger partial charge in [-0.05, 0) is 44.2 Å². The number of hydrogen-bond acceptors (Lipinski definition) is 6. The predicted molar refractivity (Wildman–Crippen MR) is 105 cm³/mol. The molecule has 146 valence electrons. The molecule has 3 aromatic heterocycles. The Balaban J connectivity index is 1.30. The second kappa shape index (κ2) is 7.75. The Hall–Kier alpha value is -2.67. The Morgan fingerprint density at radius 1 is 0.964 bits per heavy atom. The fourth-order valence-corrected chi connectivity index (χ4v) is 4.24. The van der Waals surface area contributed by atoms with Crippen LogP contribution in [-0.4, -0.2) is 39.2 Å². The van der Waals surface area contributed by atoms with Crippen LogP contribution in [-0.2, 0) is 4.74 Å². The van der Waals surface area contributed by atoms with E-state index in [1.165, 1.54) is 6.42 Å². The molecule has 0 radical (unpaired) electrons. The number of imidazole rings is 1. The average Bonchev–Trinajstić information content (AvgIpc) is 3.45. The van der Waals surface area contributed by atoms with Gasteiger partial charge in [0.2, 0.25) is 0 Å². The van der Waals surface area contributed by atoms with Gasteiger partial charge in [-0.3, -0.25) is 4.98 Å². The van der Waals surface area contributed by atoms with E-state index in [1.54, 1.807) is 12.4 Å². The first-order valence-corrected chi connectivity index (χ1v) is 10.1. The lowest BCUT2D eigenvalue weighted by Gasteiger charge is -2.33. The zero-order valence-corrected chi connectivity index (χ0v) is 15.9. The maximum absolute atomic E-state index is 6.15. The van der Waals surface area contributed by atoms with Gasteiger partial charge in [0.15, 0.2) is 11.6 Å². The molecule has 28 heavy (non-hydrogen) atoms. The summed E-state index contributed by atoms with van der Waals surface area (Å²) < 4.78 is 14.3. The van der Waals surface area contributed by atoms with Crippen molar-refractivity contribution < 1.29 is 9.15 Å². The Kier molecular flexibility index (Phi) is 4.83. The van der Waals surface area contributed by atoms with Crippen LogP contribution in [0.2, 0.25) is 0 Å². The second-order valence-corrected chi connectivity index (χ2v) is 7.50. The topological polar surface area (TPSA) is 69.2 Å². The first-order chi connectivity index (χ1) is 13.9. The van der Waals surface area contributed by atoms with E-state index in [-0.39, 0.29) is 6.10 Å². The molecule has 2 aliphatic rings. The minimum atomic E-state index is 0.0844. The molecular formula is C21H25N5O2. The minimum Gasteiger partial charge on any atom is -0.455 e. The molecule has 7 heteroatoms. The van der Waals surface area contributed by atoms with Crippen molar-refractivity contribution in [3.05, 3.63) is 48.9 Å². The van der Waals surface area contributed by atoms with Crippen molar-refractivity contribution in [2.75, 3.05) is 24.6 Å². The van der Waals surface area contributed by atoms with Gasteiger partial charge >= 0.3 is 0 Å². The monoisotopic (exact) mass is 379 g/mol. The number of furan rings is 1. The van der Waals surface area contributed by atoms with Gasteiger partial charge in [0.1, 0.15) is 17.7 Å².